The van der Waals surface area contributed by atoms with E-state index >= 15 is 0 Å². The van der Waals surface area contributed by atoms with E-state index in [4.69, 9.17) is 16.3 Å². The minimum atomic E-state index is -0.646. The molecule has 2 aromatic rings. The van der Waals surface area contributed by atoms with Gasteiger partial charge in [0.2, 0.25) is 0 Å². The number of halogens is 1. The van der Waals surface area contributed by atoms with Gasteiger partial charge in [0.15, 0.2) is 5.78 Å². The van der Waals surface area contributed by atoms with Gasteiger partial charge in [-0.25, -0.2) is 0 Å². The maximum Gasteiger partial charge on any atom is 0.253 e. The van der Waals surface area contributed by atoms with E-state index in [1.54, 1.807) is 42.5 Å². The number of hydrogen-bond donors (Lipinski definition) is 0. The first-order valence-electron chi connectivity index (χ1n) is 5.61. The van der Waals surface area contributed by atoms with Crippen molar-refractivity contribution >= 4 is 22.6 Å². The smallest absolute Gasteiger partial charge is 0.253 e. The molecule has 0 N–H and O–H groups in total. The summed E-state index contributed by atoms with van der Waals surface area (Å²) in [7, 11) is 1.53. The molecule has 0 unspecified atom stereocenters. The summed E-state index contributed by atoms with van der Waals surface area (Å²) in [4.78, 5) is 23.7. The molecule has 0 fully saturated rings. The number of benzene rings is 2. The van der Waals surface area contributed by atoms with E-state index in [1.807, 2.05) is 0 Å². The molecule has 96 valence electrons. The molecule has 2 aromatic carbocycles. The molecule has 0 saturated carbocycles. The lowest BCUT2D eigenvalue weighted by Crippen LogP contribution is -2.07. The second kappa shape index (κ2) is 5.67. The zero-order valence-electron chi connectivity index (χ0n) is 10.2. The molecular formula is C15H11ClO3. The molecule has 0 aliphatic rings. The molecule has 0 spiro atoms. The van der Waals surface area contributed by atoms with Crippen molar-refractivity contribution in [3.63, 3.8) is 0 Å². The summed E-state index contributed by atoms with van der Waals surface area (Å²) in [5.41, 5.74) is 0.942. The maximum absolute atomic E-state index is 12.4. The van der Waals surface area contributed by atoms with Crippen molar-refractivity contribution in [3.05, 3.63) is 65.2 Å². The summed E-state index contributed by atoms with van der Waals surface area (Å²) in [5.74, 6) is 0.323. The Labute approximate surface area is 115 Å². The van der Waals surface area contributed by atoms with Crippen LogP contribution in [0.2, 0.25) is 0 Å². The molecule has 0 atom stereocenters. The van der Waals surface area contributed by atoms with Gasteiger partial charge in [0.05, 0.1) is 7.11 Å². The van der Waals surface area contributed by atoms with Crippen LogP contribution in [0, 0.1) is 0 Å². The zero-order chi connectivity index (χ0) is 13.8. The summed E-state index contributed by atoms with van der Waals surface area (Å²) in [6.45, 7) is 0. The summed E-state index contributed by atoms with van der Waals surface area (Å²) < 4.78 is 5.07. The first kappa shape index (κ1) is 13.3. The monoisotopic (exact) mass is 274 g/mol. The van der Waals surface area contributed by atoms with Crippen LogP contribution in [0.4, 0.5) is 0 Å². The predicted molar refractivity (Wildman–Crippen MR) is 73.1 cm³/mol. The van der Waals surface area contributed by atoms with Gasteiger partial charge in [-0.1, -0.05) is 30.3 Å². The molecule has 0 aliphatic heterocycles. The van der Waals surface area contributed by atoms with E-state index < -0.39 is 5.24 Å². The number of rotatable bonds is 4. The molecule has 0 aliphatic carbocycles. The van der Waals surface area contributed by atoms with E-state index in [1.165, 1.54) is 13.2 Å². The number of carbonyl (C=O) groups excluding carboxylic acids is 2. The fourth-order valence-electron chi connectivity index (χ4n) is 1.77. The van der Waals surface area contributed by atoms with Gasteiger partial charge in [-0.2, -0.15) is 0 Å². The highest BCUT2D eigenvalue weighted by Gasteiger charge is 2.16. The number of carbonyl (C=O) groups is 2. The van der Waals surface area contributed by atoms with Crippen LogP contribution in [0.5, 0.6) is 5.75 Å². The normalized spacial score (nSPS) is 10.0. The van der Waals surface area contributed by atoms with Gasteiger partial charge in [0, 0.05) is 16.7 Å². The highest BCUT2D eigenvalue weighted by molar-refractivity contribution is 6.68. The fraction of sp³-hybridized carbons (Fsp3) is 0.0667. The molecule has 0 aromatic heterocycles. The Morgan fingerprint density at radius 1 is 1.00 bits per heavy atom. The third-order valence-corrected chi connectivity index (χ3v) is 2.92. The van der Waals surface area contributed by atoms with E-state index in [9.17, 15) is 9.59 Å². The van der Waals surface area contributed by atoms with Crippen LogP contribution in [0.15, 0.2) is 48.5 Å². The molecule has 4 heteroatoms. The second-order valence-electron chi connectivity index (χ2n) is 3.88. The molecule has 0 saturated heterocycles. The standard InChI is InChI=1S/C15H11ClO3/c1-19-11-6-4-5-10(9-11)14(17)12-7-2-3-8-13(12)15(16)18/h2-9H,1H3. The Morgan fingerprint density at radius 3 is 2.32 bits per heavy atom. The van der Waals surface area contributed by atoms with Crippen LogP contribution in [-0.4, -0.2) is 18.1 Å². The van der Waals surface area contributed by atoms with Gasteiger partial charge in [-0.3, -0.25) is 9.59 Å². The lowest BCUT2D eigenvalue weighted by atomic mass is 9.99. The molecule has 0 bridgehead atoms. The van der Waals surface area contributed by atoms with Crippen molar-refractivity contribution in [1.29, 1.82) is 0 Å². The molecule has 0 heterocycles. The molecular weight excluding hydrogens is 264 g/mol. The first-order valence-corrected chi connectivity index (χ1v) is 5.99. The lowest BCUT2D eigenvalue weighted by molar-refractivity contribution is 0.102. The Hall–Kier alpha value is -2.13. The van der Waals surface area contributed by atoms with Gasteiger partial charge < -0.3 is 4.74 Å². The van der Waals surface area contributed by atoms with E-state index in [0.717, 1.165) is 0 Å². The third-order valence-electron chi connectivity index (χ3n) is 2.72. The average molecular weight is 275 g/mol. The van der Waals surface area contributed by atoms with Gasteiger partial charge in [0.25, 0.3) is 5.24 Å². The summed E-state index contributed by atoms with van der Waals surface area (Å²) in [6, 6.07) is 13.2. The highest BCUT2D eigenvalue weighted by Crippen LogP contribution is 2.19. The fourth-order valence-corrected chi connectivity index (χ4v) is 1.94. The number of ether oxygens (including phenoxy) is 1. The summed E-state index contributed by atoms with van der Waals surface area (Å²) in [5, 5.41) is -0.646. The van der Waals surface area contributed by atoms with Gasteiger partial charge in [-0.05, 0) is 29.8 Å². The van der Waals surface area contributed by atoms with E-state index in [-0.39, 0.29) is 16.9 Å². The quantitative estimate of drug-likeness (QED) is 0.635. The Kier molecular flexibility index (Phi) is 3.97. The molecule has 0 amide bonds. The molecule has 19 heavy (non-hydrogen) atoms. The Morgan fingerprint density at radius 2 is 1.68 bits per heavy atom. The molecule has 2 rings (SSSR count). The Balaban J connectivity index is 2.47. The third kappa shape index (κ3) is 2.83. The van der Waals surface area contributed by atoms with Crippen LogP contribution < -0.4 is 4.74 Å². The van der Waals surface area contributed by atoms with E-state index in [2.05, 4.69) is 0 Å². The SMILES string of the molecule is COc1cccc(C(=O)c2ccccc2C(=O)Cl)c1. The van der Waals surface area contributed by atoms with Gasteiger partial charge in [-0.15, -0.1) is 0 Å². The minimum Gasteiger partial charge on any atom is -0.497 e. The van der Waals surface area contributed by atoms with Crippen LogP contribution in [0.1, 0.15) is 26.3 Å². The lowest BCUT2D eigenvalue weighted by Gasteiger charge is -2.06. The van der Waals surface area contributed by atoms with E-state index in [0.29, 0.717) is 11.3 Å². The largest absolute Gasteiger partial charge is 0.497 e. The number of ketones is 1. The number of methoxy groups -OCH3 is 1. The van der Waals surface area contributed by atoms with Crippen LogP contribution in [0.25, 0.3) is 0 Å². The summed E-state index contributed by atoms with van der Waals surface area (Å²) in [6.07, 6.45) is 0. The van der Waals surface area contributed by atoms with Crippen LogP contribution in [0.3, 0.4) is 0 Å². The first-order chi connectivity index (χ1) is 9.13. The van der Waals surface area contributed by atoms with Crippen LogP contribution in [-0.2, 0) is 0 Å². The highest BCUT2D eigenvalue weighted by atomic mass is 35.5. The maximum atomic E-state index is 12.4. The Bertz CT molecular complexity index is 635. The topological polar surface area (TPSA) is 43.4 Å². The predicted octanol–water partition coefficient (Wildman–Crippen LogP) is 3.31. The van der Waals surface area contributed by atoms with Crippen molar-refractivity contribution in [2.24, 2.45) is 0 Å². The average Bonchev–Trinajstić information content (AvgIpc) is 2.46. The van der Waals surface area contributed by atoms with Crippen molar-refractivity contribution in [3.8, 4) is 5.75 Å². The summed E-state index contributed by atoms with van der Waals surface area (Å²) >= 11 is 5.48. The van der Waals surface area contributed by atoms with Crippen molar-refractivity contribution in [2.45, 2.75) is 0 Å². The molecule has 3 nitrogen and oxygen atoms in total. The van der Waals surface area contributed by atoms with Gasteiger partial charge in [0.1, 0.15) is 5.75 Å². The minimum absolute atomic E-state index is 0.206. The number of hydrogen-bond acceptors (Lipinski definition) is 3. The van der Waals surface area contributed by atoms with Crippen molar-refractivity contribution in [1.82, 2.24) is 0 Å². The molecule has 0 radical (unpaired) electrons. The van der Waals surface area contributed by atoms with Gasteiger partial charge >= 0.3 is 0 Å². The van der Waals surface area contributed by atoms with Crippen LogP contribution >= 0.6 is 11.6 Å². The van der Waals surface area contributed by atoms with Crippen molar-refractivity contribution < 1.29 is 14.3 Å². The second-order valence-corrected chi connectivity index (χ2v) is 4.22. The van der Waals surface area contributed by atoms with Crippen molar-refractivity contribution in [2.75, 3.05) is 7.11 Å². The zero-order valence-corrected chi connectivity index (χ0v) is 11.0.